The quantitative estimate of drug-likeness (QED) is 0.861. The highest BCUT2D eigenvalue weighted by atomic mass is 35.5. The van der Waals surface area contributed by atoms with Crippen molar-refractivity contribution in [3.63, 3.8) is 0 Å². The van der Waals surface area contributed by atoms with Crippen LogP contribution in [0, 0.1) is 0 Å². The molecule has 0 spiro atoms. The molecule has 0 aliphatic heterocycles. The van der Waals surface area contributed by atoms with E-state index in [0.717, 1.165) is 23.2 Å². The second-order valence-electron chi connectivity index (χ2n) is 3.85. The number of hydrogen-bond acceptors (Lipinski definition) is 3. The predicted octanol–water partition coefficient (Wildman–Crippen LogP) is 4.09. The number of benzene rings is 1. The van der Waals surface area contributed by atoms with Crippen molar-refractivity contribution in [2.45, 2.75) is 20.0 Å². The summed E-state index contributed by atoms with van der Waals surface area (Å²) in [6.07, 6.45) is 0. The van der Waals surface area contributed by atoms with Crippen molar-refractivity contribution in [3.8, 4) is 5.75 Å². The van der Waals surface area contributed by atoms with Gasteiger partial charge in [-0.3, -0.25) is 0 Å². The van der Waals surface area contributed by atoms with Crippen LogP contribution >= 0.6 is 22.9 Å². The van der Waals surface area contributed by atoms with Gasteiger partial charge in [-0.2, -0.15) is 0 Å². The van der Waals surface area contributed by atoms with E-state index < -0.39 is 0 Å². The van der Waals surface area contributed by atoms with Crippen molar-refractivity contribution < 1.29 is 4.74 Å². The van der Waals surface area contributed by atoms with Crippen LogP contribution in [0.4, 0.5) is 0 Å². The Balaban J connectivity index is 1.89. The van der Waals surface area contributed by atoms with Crippen molar-refractivity contribution >= 4 is 22.9 Å². The largest absolute Gasteiger partial charge is 0.494 e. The highest BCUT2D eigenvalue weighted by molar-refractivity contribution is 7.16. The van der Waals surface area contributed by atoms with Crippen molar-refractivity contribution in [3.05, 3.63) is 51.2 Å². The van der Waals surface area contributed by atoms with Gasteiger partial charge in [-0.25, -0.2) is 0 Å². The molecule has 18 heavy (non-hydrogen) atoms. The van der Waals surface area contributed by atoms with Crippen LogP contribution < -0.4 is 10.1 Å². The Morgan fingerprint density at radius 2 is 2.00 bits per heavy atom. The van der Waals surface area contributed by atoms with Crippen LogP contribution in [-0.4, -0.2) is 6.61 Å². The molecular formula is C14H16ClNOS. The van der Waals surface area contributed by atoms with Crippen molar-refractivity contribution in [1.82, 2.24) is 5.32 Å². The van der Waals surface area contributed by atoms with E-state index in [-0.39, 0.29) is 0 Å². The highest BCUT2D eigenvalue weighted by Gasteiger charge is 2.02. The van der Waals surface area contributed by atoms with Gasteiger partial charge in [0.1, 0.15) is 5.75 Å². The van der Waals surface area contributed by atoms with E-state index in [0.29, 0.717) is 6.61 Å². The van der Waals surface area contributed by atoms with Gasteiger partial charge in [-0.05, 0) is 25.1 Å². The molecule has 1 heterocycles. The lowest BCUT2D eigenvalue weighted by molar-refractivity contribution is 0.335. The maximum atomic E-state index is 5.89. The molecule has 0 unspecified atom stereocenters. The molecule has 0 atom stereocenters. The first-order chi connectivity index (χ1) is 8.79. The predicted molar refractivity (Wildman–Crippen MR) is 77.5 cm³/mol. The van der Waals surface area contributed by atoms with Crippen molar-refractivity contribution in [2.75, 3.05) is 6.61 Å². The Morgan fingerprint density at radius 3 is 2.72 bits per heavy atom. The number of nitrogens with one attached hydrogen (secondary N) is 1. The van der Waals surface area contributed by atoms with Crippen molar-refractivity contribution in [2.24, 2.45) is 0 Å². The normalized spacial score (nSPS) is 10.6. The number of ether oxygens (including phenoxy) is 1. The maximum Gasteiger partial charge on any atom is 0.123 e. The maximum absolute atomic E-state index is 5.89. The Kier molecular flexibility index (Phi) is 5.05. The minimum atomic E-state index is 0.692. The third kappa shape index (κ3) is 3.73. The van der Waals surface area contributed by atoms with Gasteiger partial charge in [0.15, 0.2) is 0 Å². The lowest BCUT2D eigenvalue weighted by Crippen LogP contribution is -2.12. The molecule has 0 saturated carbocycles. The van der Waals surface area contributed by atoms with Crippen molar-refractivity contribution in [1.29, 1.82) is 0 Å². The molecule has 1 N–H and O–H groups in total. The Labute approximate surface area is 117 Å². The molecule has 4 heteroatoms. The Hall–Kier alpha value is -1.03. The first-order valence-corrected chi connectivity index (χ1v) is 7.14. The average Bonchev–Trinajstić information content (AvgIpc) is 2.78. The molecule has 2 nitrogen and oxygen atoms in total. The zero-order valence-electron chi connectivity index (χ0n) is 10.3. The van der Waals surface area contributed by atoms with Crippen LogP contribution in [0.15, 0.2) is 36.4 Å². The Morgan fingerprint density at radius 1 is 1.17 bits per heavy atom. The SMILES string of the molecule is CCOc1ccccc1CNCc1ccc(Cl)s1. The first kappa shape index (κ1) is 13.4. The zero-order chi connectivity index (χ0) is 12.8. The number of halogens is 1. The highest BCUT2D eigenvalue weighted by Crippen LogP contribution is 2.22. The zero-order valence-corrected chi connectivity index (χ0v) is 11.9. The molecule has 1 aromatic carbocycles. The van der Waals surface area contributed by atoms with Crippen LogP contribution in [0.5, 0.6) is 5.75 Å². The molecule has 0 radical (unpaired) electrons. The average molecular weight is 282 g/mol. The molecule has 2 aromatic rings. The van der Waals surface area contributed by atoms with E-state index in [2.05, 4.69) is 17.4 Å². The summed E-state index contributed by atoms with van der Waals surface area (Å²) in [4.78, 5) is 1.24. The van der Waals surface area contributed by atoms with Gasteiger partial charge < -0.3 is 10.1 Å². The van der Waals surface area contributed by atoms with Crippen LogP contribution in [0.25, 0.3) is 0 Å². The second kappa shape index (κ2) is 6.78. The molecule has 96 valence electrons. The van der Waals surface area contributed by atoms with Crippen LogP contribution in [0.1, 0.15) is 17.4 Å². The molecule has 2 rings (SSSR count). The van der Waals surface area contributed by atoms with Gasteiger partial charge in [0.25, 0.3) is 0 Å². The van der Waals surface area contributed by atoms with E-state index in [1.165, 1.54) is 10.4 Å². The van der Waals surface area contributed by atoms with Gasteiger partial charge in [0.05, 0.1) is 10.9 Å². The van der Waals surface area contributed by atoms with Gasteiger partial charge >= 0.3 is 0 Å². The molecule has 0 aliphatic carbocycles. The summed E-state index contributed by atoms with van der Waals surface area (Å²) in [7, 11) is 0. The summed E-state index contributed by atoms with van der Waals surface area (Å²) in [5, 5.41) is 3.40. The van der Waals surface area contributed by atoms with E-state index in [9.17, 15) is 0 Å². The molecule has 0 amide bonds. The Bertz CT molecular complexity index is 498. The van der Waals surface area contributed by atoms with Gasteiger partial charge in [0.2, 0.25) is 0 Å². The summed E-state index contributed by atoms with van der Waals surface area (Å²) in [5.41, 5.74) is 1.18. The van der Waals surface area contributed by atoms with Crippen LogP contribution in [-0.2, 0) is 13.1 Å². The number of para-hydroxylation sites is 1. The molecule has 0 aliphatic rings. The summed E-state index contributed by atoms with van der Waals surface area (Å²) in [6, 6.07) is 12.1. The fraction of sp³-hybridized carbons (Fsp3) is 0.286. The van der Waals surface area contributed by atoms with E-state index in [1.807, 2.05) is 31.2 Å². The molecular weight excluding hydrogens is 266 g/mol. The molecule has 0 fully saturated rings. The van der Waals surface area contributed by atoms with E-state index in [1.54, 1.807) is 11.3 Å². The fourth-order valence-corrected chi connectivity index (χ4v) is 2.77. The molecule has 1 aromatic heterocycles. The number of hydrogen-bond donors (Lipinski definition) is 1. The summed E-state index contributed by atoms with van der Waals surface area (Å²) >= 11 is 7.50. The lowest BCUT2D eigenvalue weighted by Gasteiger charge is -2.10. The summed E-state index contributed by atoms with van der Waals surface area (Å²) < 4.78 is 6.42. The number of thiophene rings is 1. The standard InChI is InChI=1S/C14H16ClNOS/c1-2-17-13-6-4-3-5-11(13)9-16-10-12-7-8-14(15)18-12/h3-8,16H,2,9-10H2,1H3. The minimum absolute atomic E-state index is 0.692. The van der Waals surface area contributed by atoms with E-state index >= 15 is 0 Å². The van der Waals surface area contributed by atoms with Crippen LogP contribution in [0.2, 0.25) is 4.34 Å². The summed E-state index contributed by atoms with van der Waals surface area (Å²) in [6.45, 7) is 4.32. The van der Waals surface area contributed by atoms with Gasteiger partial charge in [0, 0.05) is 23.5 Å². The second-order valence-corrected chi connectivity index (χ2v) is 5.65. The monoisotopic (exact) mass is 281 g/mol. The minimum Gasteiger partial charge on any atom is -0.494 e. The van der Waals surface area contributed by atoms with Gasteiger partial charge in [-0.15, -0.1) is 11.3 Å². The summed E-state index contributed by atoms with van der Waals surface area (Å²) in [5.74, 6) is 0.955. The smallest absolute Gasteiger partial charge is 0.123 e. The number of rotatable bonds is 6. The molecule has 0 bridgehead atoms. The van der Waals surface area contributed by atoms with Gasteiger partial charge in [-0.1, -0.05) is 29.8 Å². The first-order valence-electron chi connectivity index (χ1n) is 5.95. The third-order valence-electron chi connectivity index (χ3n) is 2.52. The topological polar surface area (TPSA) is 21.3 Å². The molecule has 0 saturated heterocycles. The lowest BCUT2D eigenvalue weighted by atomic mass is 10.2. The van der Waals surface area contributed by atoms with E-state index in [4.69, 9.17) is 16.3 Å². The van der Waals surface area contributed by atoms with Crippen LogP contribution in [0.3, 0.4) is 0 Å². The third-order valence-corrected chi connectivity index (χ3v) is 3.75. The fourth-order valence-electron chi connectivity index (χ4n) is 1.71.